The van der Waals surface area contributed by atoms with Gasteiger partial charge in [0.1, 0.15) is 10.9 Å². The van der Waals surface area contributed by atoms with Gasteiger partial charge in [0, 0.05) is 18.8 Å². The number of thiophene rings is 1. The van der Waals surface area contributed by atoms with Gasteiger partial charge in [-0.05, 0) is 23.6 Å². The van der Waals surface area contributed by atoms with E-state index in [-0.39, 0.29) is 17.8 Å². The Morgan fingerprint density at radius 2 is 1.97 bits per heavy atom. The van der Waals surface area contributed by atoms with E-state index in [1.165, 1.54) is 12.0 Å². The van der Waals surface area contributed by atoms with Crippen molar-refractivity contribution in [1.82, 2.24) is 10.2 Å². The van der Waals surface area contributed by atoms with E-state index in [9.17, 15) is 19.2 Å². The molecule has 10 heteroatoms. The standard InChI is InChI=1S/C19H20N4O5S/c1-28-18(26)16-13(7-10-29-16)22-15(24)11-14-17(25)20-8-9-23(14)19(27)21-12-5-3-2-4-6-12/h2-7,10,14H,8-9,11H2,1H3,(H,20,25)(H,21,27)(H,22,24)/t14-/m0/s1. The predicted octanol–water partition coefficient (Wildman–Crippen LogP) is 1.90. The SMILES string of the molecule is COC(=O)c1sccc1NC(=O)C[C@H]1C(=O)NCCN1C(=O)Nc1ccccc1. The molecule has 1 atom stereocenters. The van der Waals surface area contributed by atoms with Crippen molar-refractivity contribution in [3.63, 3.8) is 0 Å². The number of benzene rings is 1. The molecule has 3 N–H and O–H groups in total. The molecule has 29 heavy (non-hydrogen) atoms. The zero-order valence-corrected chi connectivity index (χ0v) is 16.5. The first kappa shape index (κ1) is 20.3. The quantitative estimate of drug-likeness (QED) is 0.644. The molecular weight excluding hydrogens is 396 g/mol. The topological polar surface area (TPSA) is 117 Å². The van der Waals surface area contributed by atoms with Gasteiger partial charge in [0.2, 0.25) is 11.8 Å². The minimum absolute atomic E-state index is 0.246. The van der Waals surface area contributed by atoms with Crippen molar-refractivity contribution < 1.29 is 23.9 Å². The molecule has 0 aliphatic carbocycles. The van der Waals surface area contributed by atoms with Gasteiger partial charge >= 0.3 is 12.0 Å². The minimum Gasteiger partial charge on any atom is -0.465 e. The van der Waals surface area contributed by atoms with E-state index in [4.69, 9.17) is 0 Å². The summed E-state index contributed by atoms with van der Waals surface area (Å²) in [6, 6.07) is 9.00. The first-order valence-corrected chi connectivity index (χ1v) is 9.73. The van der Waals surface area contributed by atoms with Crippen LogP contribution in [0.2, 0.25) is 0 Å². The number of urea groups is 1. The number of esters is 1. The van der Waals surface area contributed by atoms with E-state index in [1.807, 2.05) is 6.07 Å². The van der Waals surface area contributed by atoms with Gasteiger partial charge in [0.15, 0.2) is 0 Å². The van der Waals surface area contributed by atoms with Gasteiger partial charge in [-0.15, -0.1) is 11.3 Å². The van der Waals surface area contributed by atoms with Crippen molar-refractivity contribution in [2.45, 2.75) is 12.5 Å². The van der Waals surface area contributed by atoms with Crippen LogP contribution in [-0.2, 0) is 14.3 Å². The van der Waals surface area contributed by atoms with Crippen molar-refractivity contribution in [2.24, 2.45) is 0 Å². The molecular formula is C19H20N4O5S. The average Bonchev–Trinajstić information content (AvgIpc) is 3.17. The second kappa shape index (κ2) is 9.20. The Hall–Kier alpha value is -3.40. The summed E-state index contributed by atoms with van der Waals surface area (Å²) < 4.78 is 4.68. The highest BCUT2D eigenvalue weighted by Crippen LogP contribution is 2.24. The van der Waals surface area contributed by atoms with Gasteiger partial charge in [0.05, 0.1) is 19.2 Å². The molecule has 3 rings (SSSR count). The van der Waals surface area contributed by atoms with Crippen molar-refractivity contribution in [3.05, 3.63) is 46.7 Å². The smallest absolute Gasteiger partial charge is 0.350 e. The molecule has 4 amide bonds. The summed E-state index contributed by atoms with van der Waals surface area (Å²) in [6.45, 7) is 0.574. The summed E-state index contributed by atoms with van der Waals surface area (Å²) in [4.78, 5) is 50.8. The third-order valence-electron chi connectivity index (χ3n) is 4.31. The van der Waals surface area contributed by atoms with Crippen LogP contribution in [0, 0.1) is 0 Å². The Balaban J connectivity index is 1.68. The Kier molecular flexibility index (Phi) is 6.45. The summed E-state index contributed by atoms with van der Waals surface area (Å²) in [5.74, 6) is -1.46. The van der Waals surface area contributed by atoms with Gasteiger partial charge in [-0.2, -0.15) is 0 Å². The van der Waals surface area contributed by atoms with Crippen LogP contribution in [0.15, 0.2) is 41.8 Å². The molecule has 0 radical (unpaired) electrons. The number of rotatable bonds is 5. The fraction of sp³-hybridized carbons (Fsp3) is 0.263. The normalized spacial score (nSPS) is 16.0. The minimum atomic E-state index is -0.965. The number of ether oxygens (including phenoxy) is 1. The first-order chi connectivity index (χ1) is 14.0. The summed E-state index contributed by atoms with van der Waals surface area (Å²) >= 11 is 1.13. The van der Waals surface area contributed by atoms with Gasteiger partial charge in [-0.1, -0.05) is 18.2 Å². The van der Waals surface area contributed by atoms with Crippen LogP contribution >= 0.6 is 11.3 Å². The van der Waals surface area contributed by atoms with E-state index in [2.05, 4.69) is 20.7 Å². The lowest BCUT2D eigenvalue weighted by Gasteiger charge is -2.34. The zero-order valence-electron chi connectivity index (χ0n) is 15.6. The first-order valence-electron chi connectivity index (χ1n) is 8.85. The molecule has 1 aliphatic heterocycles. The fourth-order valence-electron chi connectivity index (χ4n) is 2.91. The number of anilines is 2. The molecule has 9 nitrogen and oxygen atoms in total. The maximum Gasteiger partial charge on any atom is 0.350 e. The van der Waals surface area contributed by atoms with E-state index >= 15 is 0 Å². The number of nitrogens with one attached hydrogen (secondary N) is 3. The second-order valence-corrected chi connectivity index (χ2v) is 7.12. The zero-order chi connectivity index (χ0) is 20.8. The molecule has 0 spiro atoms. The number of carbonyl (C=O) groups excluding carboxylic acids is 4. The van der Waals surface area contributed by atoms with E-state index in [1.54, 1.807) is 35.7 Å². The number of piperazine rings is 1. The van der Waals surface area contributed by atoms with Gasteiger partial charge < -0.3 is 25.6 Å². The highest BCUT2D eigenvalue weighted by molar-refractivity contribution is 7.12. The van der Waals surface area contributed by atoms with E-state index in [0.29, 0.717) is 17.9 Å². The highest BCUT2D eigenvalue weighted by Gasteiger charge is 2.35. The molecule has 0 saturated carbocycles. The lowest BCUT2D eigenvalue weighted by Crippen LogP contribution is -2.59. The molecule has 152 valence electrons. The van der Waals surface area contributed by atoms with Crippen LogP contribution in [0.1, 0.15) is 16.1 Å². The highest BCUT2D eigenvalue weighted by atomic mass is 32.1. The number of amides is 4. The lowest BCUT2D eigenvalue weighted by molar-refractivity contribution is -0.130. The summed E-state index contributed by atoms with van der Waals surface area (Å²) in [5, 5.41) is 9.66. The van der Waals surface area contributed by atoms with Gasteiger partial charge in [-0.25, -0.2) is 9.59 Å². The van der Waals surface area contributed by atoms with Gasteiger partial charge in [-0.3, -0.25) is 9.59 Å². The Morgan fingerprint density at radius 3 is 2.69 bits per heavy atom. The molecule has 2 heterocycles. The van der Waals surface area contributed by atoms with Crippen LogP contribution in [0.25, 0.3) is 0 Å². The maximum absolute atomic E-state index is 12.6. The number of methoxy groups -OCH3 is 1. The van der Waals surface area contributed by atoms with Crippen molar-refractivity contribution >= 4 is 46.5 Å². The molecule has 2 aromatic rings. The lowest BCUT2D eigenvalue weighted by atomic mass is 10.1. The van der Waals surface area contributed by atoms with Crippen molar-refractivity contribution in [2.75, 3.05) is 30.8 Å². The molecule has 0 bridgehead atoms. The third kappa shape index (κ3) is 4.91. The molecule has 0 unspecified atom stereocenters. The van der Waals surface area contributed by atoms with Crippen LogP contribution in [0.3, 0.4) is 0 Å². The predicted molar refractivity (Wildman–Crippen MR) is 108 cm³/mol. The maximum atomic E-state index is 12.6. The Morgan fingerprint density at radius 1 is 1.21 bits per heavy atom. The fourth-order valence-corrected chi connectivity index (χ4v) is 3.68. The number of hydrogen-bond donors (Lipinski definition) is 3. The van der Waals surface area contributed by atoms with E-state index in [0.717, 1.165) is 11.3 Å². The molecule has 1 saturated heterocycles. The summed E-state index contributed by atoms with van der Waals surface area (Å²) in [7, 11) is 1.25. The number of para-hydroxylation sites is 1. The average molecular weight is 416 g/mol. The number of nitrogens with zero attached hydrogens (tertiary/aromatic N) is 1. The van der Waals surface area contributed by atoms with E-state index < -0.39 is 29.9 Å². The van der Waals surface area contributed by atoms with Crippen LogP contribution in [0.5, 0.6) is 0 Å². The summed E-state index contributed by atoms with van der Waals surface area (Å²) in [5.41, 5.74) is 0.899. The second-order valence-electron chi connectivity index (χ2n) is 6.20. The number of hydrogen-bond acceptors (Lipinski definition) is 6. The third-order valence-corrected chi connectivity index (χ3v) is 5.20. The number of carbonyl (C=O) groups is 4. The molecule has 1 fully saturated rings. The van der Waals surface area contributed by atoms with Crippen LogP contribution in [0.4, 0.5) is 16.2 Å². The van der Waals surface area contributed by atoms with Crippen molar-refractivity contribution in [3.8, 4) is 0 Å². The van der Waals surface area contributed by atoms with Crippen molar-refractivity contribution in [1.29, 1.82) is 0 Å². The Labute approximate surface area is 171 Å². The van der Waals surface area contributed by atoms with Crippen LogP contribution < -0.4 is 16.0 Å². The Bertz CT molecular complexity index is 914. The molecule has 1 aromatic heterocycles. The monoisotopic (exact) mass is 416 g/mol. The van der Waals surface area contributed by atoms with Gasteiger partial charge in [0.25, 0.3) is 0 Å². The summed E-state index contributed by atoms with van der Waals surface area (Å²) in [6.07, 6.45) is -0.246. The van der Waals surface area contributed by atoms with Crippen LogP contribution in [-0.4, -0.2) is 55.0 Å². The molecule has 1 aliphatic rings. The largest absolute Gasteiger partial charge is 0.465 e. The molecule has 1 aromatic carbocycles.